The van der Waals surface area contributed by atoms with E-state index in [4.69, 9.17) is 17.2 Å². The molecular weight excluding hydrogens is 476 g/mol. The SMILES string of the molecule is CC(C)C(NC(=O)C(CCC(N)=O)NC(=O)C(N)CCC(N)=O)C(=O)NC(Cc1cnc[nH]1)C(=O)O. The molecule has 36 heavy (non-hydrogen) atoms. The van der Waals surface area contributed by atoms with Gasteiger partial charge in [0.1, 0.15) is 18.1 Å². The number of aromatic nitrogens is 2. The summed E-state index contributed by atoms with van der Waals surface area (Å²) in [6.45, 7) is 3.26. The molecule has 11 N–H and O–H groups in total. The summed E-state index contributed by atoms with van der Waals surface area (Å²) >= 11 is 0. The number of nitrogens with one attached hydrogen (secondary N) is 4. The average molecular weight is 511 g/mol. The number of aromatic amines is 1. The molecule has 5 amide bonds. The van der Waals surface area contributed by atoms with Gasteiger partial charge in [-0.3, -0.25) is 24.0 Å². The van der Waals surface area contributed by atoms with E-state index in [1.807, 2.05) is 0 Å². The summed E-state index contributed by atoms with van der Waals surface area (Å²) in [5.74, 6) is -5.47. The largest absolute Gasteiger partial charge is 0.480 e. The van der Waals surface area contributed by atoms with Crippen LogP contribution in [0, 0.1) is 5.92 Å². The van der Waals surface area contributed by atoms with E-state index in [1.54, 1.807) is 13.8 Å². The zero-order chi connectivity index (χ0) is 27.4. The number of carbonyl (C=O) groups excluding carboxylic acids is 5. The molecule has 0 aliphatic carbocycles. The predicted molar refractivity (Wildman–Crippen MR) is 125 cm³/mol. The number of nitrogens with zero attached hydrogens (tertiary/aromatic N) is 1. The second-order valence-corrected chi connectivity index (χ2v) is 8.59. The second kappa shape index (κ2) is 14.4. The number of rotatable bonds is 16. The summed E-state index contributed by atoms with van der Waals surface area (Å²) in [5, 5.41) is 16.8. The first-order valence-electron chi connectivity index (χ1n) is 11.2. The molecule has 0 fully saturated rings. The van der Waals surface area contributed by atoms with Crippen LogP contribution in [0.4, 0.5) is 0 Å². The van der Waals surface area contributed by atoms with Crippen molar-refractivity contribution >= 4 is 35.5 Å². The third kappa shape index (κ3) is 10.5. The maximum Gasteiger partial charge on any atom is 0.326 e. The van der Waals surface area contributed by atoms with E-state index in [-0.39, 0.29) is 32.1 Å². The Hall–Kier alpha value is -4.01. The molecule has 0 saturated carbocycles. The molecule has 0 radical (unpaired) electrons. The second-order valence-electron chi connectivity index (χ2n) is 8.59. The Morgan fingerprint density at radius 2 is 1.50 bits per heavy atom. The molecule has 0 aliphatic heterocycles. The number of hydrogen-bond acceptors (Lipinski definition) is 8. The van der Waals surface area contributed by atoms with Crippen molar-refractivity contribution in [2.45, 2.75) is 70.1 Å². The molecule has 200 valence electrons. The molecule has 1 aromatic heterocycles. The van der Waals surface area contributed by atoms with Crippen LogP contribution >= 0.6 is 0 Å². The molecule has 0 aromatic carbocycles. The van der Waals surface area contributed by atoms with E-state index in [0.717, 1.165) is 0 Å². The minimum absolute atomic E-state index is 0.0603. The van der Waals surface area contributed by atoms with Crippen molar-refractivity contribution in [3.05, 3.63) is 18.2 Å². The summed E-state index contributed by atoms with van der Waals surface area (Å²) in [6, 6.07) is -4.90. The lowest BCUT2D eigenvalue weighted by molar-refractivity contribution is -0.142. The molecule has 1 heterocycles. The van der Waals surface area contributed by atoms with Gasteiger partial charge in [0, 0.05) is 31.2 Å². The maximum absolute atomic E-state index is 13.0. The Morgan fingerprint density at radius 3 is 2.00 bits per heavy atom. The van der Waals surface area contributed by atoms with E-state index in [1.165, 1.54) is 12.5 Å². The van der Waals surface area contributed by atoms with Gasteiger partial charge in [0.15, 0.2) is 0 Å². The number of hydrogen-bond donors (Lipinski definition) is 8. The number of imidazole rings is 1. The van der Waals surface area contributed by atoms with E-state index in [9.17, 15) is 33.9 Å². The molecule has 0 aliphatic rings. The predicted octanol–water partition coefficient (Wildman–Crippen LogP) is -2.99. The summed E-state index contributed by atoms with van der Waals surface area (Å²) in [4.78, 5) is 78.7. The number of aliphatic carboxylic acids is 1. The Labute approximate surface area is 207 Å². The fraction of sp³-hybridized carbons (Fsp3) is 0.571. The first-order valence-corrected chi connectivity index (χ1v) is 11.2. The van der Waals surface area contributed by atoms with E-state index < -0.39 is 65.6 Å². The lowest BCUT2D eigenvalue weighted by Crippen LogP contribution is -2.58. The van der Waals surface area contributed by atoms with Gasteiger partial charge in [-0.15, -0.1) is 0 Å². The van der Waals surface area contributed by atoms with Crippen LogP contribution in [0.15, 0.2) is 12.5 Å². The van der Waals surface area contributed by atoms with Crippen LogP contribution in [-0.2, 0) is 35.2 Å². The van der Waals surface area contributed by atoms with Crippen LogP contribution in [-0.4, -0.2) is 74.7 Å². The van der Waals surface area contributed by atoms with Crippen LogP contribution in [0.2, 0.25) is 0 Å². The first kappa shape index (κ1) is 30.0. The van der Waals surface area contributed by atoms with Gasteiger partial charge in [0.05, 0.1) is 12.4 Å². The molecule has 4 atom stereocenters. The van der Waals surface area contributed by atoms with E-state index in [0.29, 0.717) is 5.69 Å². The molecule has 4 unspecified atom stereocenters. The van der Waals surface area contributed by atoms with Gasteiger partial charge in [-0.25, -0.2) is 9.78 Å². The van der Waals surface area contributed by atoms with Crippen LogP contribution < -0.4 is 33.2 Å². The molecule has 0 bridgehead atoms. The lowest BCUT2D eigenvalue weighted by atomic mass is 10.0. The lowest BCUT2D eigenvalue weighted by Gasteiger charge is -2.27. The molecular formula is C21H34N8O7. The number of carboxylic acids is 1. The van der Waals surface area contributed by atoms with E-state index in [2.05, 4.69) is 25.9 Å². The number of nitrogens with two attached hydrogens (primary N) is 3. The number of carbonyl (C=O) groups is 6. The number of primary amides is 2. The number of H-pyrrole nitrogens is 1. The van der Waals surface area contributed by atoms with Gasteiger partial charge in [-0.05, 0) is 18.8 Å². The average Bonchev–Trinajstić information content (AvgIpc) is 3.30. The van der Waals surface area contributed by atoms with Gasteiger partial charge in [-0.2, -0.15) is 0 Å². The summed E-state index contributed by atoms with van der Waals surface area (Å²) in [5.41, 5.74) is 16.4. The highest BCUT2D eigenvalue weighted by Crippen LogP contribution is 2.07. The fourth-order valence-corrected chi connectivity index (χ4v) is 3.13. The Morgan fingerprint density at radius 1 is 0.917 bits per heavy atom. The zero-order valence-corrected chi connectivity index (χ0v) is 20.2. The smallest absolute Gasteiger partial charge is 0.326 e. The topological polar surface area (TPSA) is 265 Å². The first-order chi connectivity index (χ1) is 16.8. The van der Waals surface area contributed by atoms with Crippen molar-refractivity contribution in [2.75, 3.05) is 0 Å². The fourth-order valence-electron chi connectivity index (χ4n) is 3.13. The van der Waals surface area contributed by atoms with Crippen molar-refractivity contribution in [3.8, 4) is 0 Å². The van der Waals surface area contributed by atoms with Crippen LogP contribution in [0.5, 0.6) is 0 Å². The number of carboxylic acid groups (broad SMARTS) is 1. The van der Waals surface area contributed by atoms with E-state index >= 15 is 0 Å². The van der Waals surface area contributed by atoms with Crippen molar-refractivity contribution < 1.29 is 33.9 Å². The maximum atomic E-state index is 13.0. The van der Waals surface area contributed by atoms with Crippen LogP contribution in [0.3, 0.4) is 0 Å². The molecule has 15 nitrogen and oxygen atoms in total. The van der Waals surface area contributed by atoms with Gasteiger partial charge in [0.25, 0.3) is 0 Å². The molecule has 1 aromatic rings. The third-order valence-corrected chi connectivity index (χ3v) is 5.19. The third-order valence-electron chi connectivity index (χ3n) is 5.19. The summed E-state index contributed by atoms with van der Waals surface area (Å²) in [6.07, 6.45) is 2.08. The minimum atomic E-state index is -1.30. The molecule has 15 heteroatoms. The van der Waals surface area contributed by atoms with Gasteiger partial charge in [0.2, 0.25) is 29.5 Å². The highest BCUT2D eigenvalue weighted by Gasteiger charge is 2.32. The van der Waals surface area contributed by atoms with Crippen LogP contribution in [0.1, 0.15) is 45.2 Å². The van der Waals surface area contributed by atoms with Crippen molar-refractivity contribution in [3.63, 3.8) is 0 Å². The normalized spacial score (nSPS) is 14.2. The van der Waals surface area contributed by atoms with Gasteiger partial charge >= 0.3 is 5.97 Å². The van der Waals surface area contributed by atoms with Gasteiger partial charge in [-0.1, -0.05) is 13.8 Å². The van der Waals surface area contributed by atoms with Gasteiger partial charge < -0.3 is 43.2 Å². The van der Waals surface area contributed by atoms with Crippen LogP contribution in [0.25, 0.3) is 0 Å². The summed E-state index contributed by atoms with van der Waals surface area (Å²) in [7, 11) is 0. The molecule has 0 spiro atoms. The number of amides is 5. The molecule has 1 rings (SSSR count). The zero-order valence-electron chi connectivity index (χ0n) is 20.2. The van der Waals surface area contributed by atoms with Crippen molar-refractivity contribution in [1.82, 2.24) is 25.9 Å². The summed E-state index contributed by atoms with van der Waals surface area (Å²) < 4.78 is 0. The van der Waals surface area contributed by atoms with Crippen molar-refractivity contribution in [1.29, 1.82) is 0 Å². The Bertz CT molecular complexity index is 935. The highest BCUT2D eigenvalue weighted by atomic mass is 16.4. The Balaban J connectivity index is 2.94. The molecule has 0 saturated heterocycles. The highest BCUT2D eigenvalue weighted by molar-refractivity contribution is 5.94. The standard InChI is InChI=1S/C21H34N8O7/c1-10(2)17(20(34)28-14(21(35)36)7-11-8-25-9-26-11)29-19(33)13(4-6-16(24)31)27-18(32)12(22)3-5-15(23)30/h8-10,12-14,17H,3-7,22H2,1-2H3,(H2,23,30)(H2,24,31)(H,25,26)(H,27,32)(H,28,34)(H,29,33)(H,35,36). The van der Waals surface area contributed by atoms with Crippen molar-refractivity contribution in [2.24, 2.45) is 23.1 Å². The monoisotopic (exact) mass is 510 g/mol. The minimum Gasteiger partial charge on any atom is -0.480 e. The quantitative estimate of drug-likeness (QED) is 0.112. The Kier molecular flexibility index (Phi) is 12.0.